The molecule has 224 valence electrons. The molecule has 2 heteroatoms. The number of halogens is 1. The van der Waals surface area contributed by atoms with Gasteiger partial charge in [0, 0.05) is 0 Å². The summed E-state index contributed by atoms with van der Waals surface area (Å²) in [5, 5.41) is 2.25. The quantitative estimate of drug-likeness (QED) is 0.0705. The standard InChI is InChI=1S/C40H52BrP/c1-2-3-4-5-6-7-8-9-10-11-12-13-14-18-25-36-32-34-40(35-33-36)42(41,37-26-19-15-20-27-37,38-28-21-16-22-29-38)39-30-23-17-24-31-39/h15-17,19-24,26-35H,2-14,18,25H2,1H3. The Morgan fingerprint density at radius 2 is 0.690 bits per heavy atom. The summed E-state index contributed by atoms with van der Waals surface area (Å²) in [5.41, 5.74) is 1.45. The van der Waals surface area contributed by atoms with E-state index in [2.05, 4.69) is 138 Å². The van der Waals surface area contributed by atoms with Gasteiger partial charge in [-0.2, -0.15) is 0 Å². The average molecular weight is 644 g/mol. The van der Waals surface area contributed by atoms with Gasteiger partial charge in [0.05, 0.1) is 0 Å². The molecule has 0 fully saturated rings. The Balaban J connectivity index is 1.35. The SMILES string of the molecule is CCCCCCCCCCCCCCCCc1ccc(P(Br)(c2ccccc2)(c2ccccc2)c2ccccc2)cc1. The van der Waals surface area contributed by atoms with Crippen LogP contribution in [0.3, 0.4) is 0 Å². The fourth-order valence-corrected chi connectivity index (χ4v) is 14.0. The monoisotopic (exact) mass is 642 g/mol. The number of benzene rings is 4. The number of rotatable bonds is 19. The van der Waals surface area contributed by atoms with Crippen molar-refractivity contribution in [3.05, 3.63) is 121 Å². The number of hydrogen-bond donors (Lipinski definition) is 0. The van der Waals surface area contributed by atoms with Gasteiger partial charge in [0.2, 0.25) is 0 Å². The minimum atomic E-state index is -3.11. The molecule has 0 spiro atoms. The number of unbranched alkanes of at least 4 members (excludes halogenated alkanes) is 13. The zero-order valence-electron chi connectivity index (χ0n) is 25.9. The van der Waals surface area contributed by atoms with Gasteiger partial charge in [0.15, 0.2) is 0 Å². The second kappa shape index (κ2) is 17.2. The van der Waals surface area contributed by atoms with Crippen molar-refractivity contribution in [1.29, 1.82) is 0 Å². The fraction of sp³-hybridized carbons (Fsp3) is 0.400. The molecule has 0 heterocycles. The van der Waals surface area contributed by atoms with Crippen molar-refractivity contribution in [1.82, 2.24) is 0 Å². The molecule has 0 aliphatic rings. The van der Waals surface area contributed by atoms with Gasteiger partial charge in [-0.3, -0.25) is 0 Å². The van der Waals surface area contributed by atoms with Gasteiger partial charge in [-0.25, -0.2) is 0 Å². The van der Waals surface area contributed by atoms with Gasteiger partial charge >= 0.3 is 214 Å². The first-order valence-electron chi connectivity index (χ1n) is 16.7. The van der Waals surface area contributed by atoms with Crippen molar-refractivity contribution in [2.75, 3.05) is 0 Å². The van der Waals surface area contributed by atoms with Crippen molar-refractivity contribution in [2.45, 2.75) is 103 Å². The molecular weight excluding hydrogens is 591 g/mol. The average Bonchev–Trinajstić information content (AvgIpc) is 3.06. The van der Waals surface area contributed by atoms with Crippen molar-refractivity contribution < 1.29 is 0 Å². The third-order valence-corrected chi connectivity index (χ3v) is 18.9. The normalized spacial score (nSPS) is 12.6. The van der Waals surface area contributed by atoms with Crippen LogP contribution in [0.5, 0.6) is 0 Å². The van der Waals surface area contributed by atoms with Crippen LogP contribution in [-0.2, 0) is 6.42 Å². The van der Waals surface area contributed by atoms with Crippen LogP contribution in [0.2, 0.25) is 0 Å². The van der Waals surface area contributed by atoms with E-state index in [4.69, 9.17) is 0 Å². The van der Waals surface area contributed by atoms with E-state index in [1.807, 2.05) is 0 Å². The molecule has 0 amide bonds. The number of hydrogen-bond acceptors (Lipinski definition) is 0. The first-order valence-corrected chi connectivity index (χ1v) is 20.9. The third kappa shape index (κ3) is 8.03. The molecule has 0 aromatic heterocycles. The number of aryl methyl sites for hydroxylation is 1. The Morgan fingerprint density at radius 3 is 1.05 bits per heavy atom. The Labute approximate surface area is 265 Å². The van der Waals surface area contributed by atoms with E-state index in [0.29, 0.717) is 0 Å². The summed E-state index contributed by atoms with van der Waals surface area (Å²) >= 11 is 4.60. The van der Waals surface area contributed by atoms with Crippen LogP contribution in [0.25, 0.3) is 0 Å². The van der Waals surface area contributed by atoms with Gasteiger partial charge in [-0.1, -0.05) is 51.9 Å². The van der Waals surface area contributed by atoms with E-state index < -0.39 is 5.31 Å². The maximum absolute atomic E-state index is 4.60. The molecule has 0 aliphatic carbocycles. The summed E-state index contributed by atoms with van der Waals surface area (Å²) in [6.07, 6.45) is 20.9. The summed E-state index contributed by atoms with van der Waals surface area (Å²) in [4.78, 5) is 0. The minimum absolute atomic E-state index is 1.17. The topological polar surface area (TPSA) is 0 Å². The molecule has 4 rings (SSSR count). The fourth-order valence-electron chi connectivity index (χ4n) is 6.48. The molecule has 0 saturated carbocycles. The van der Waals surface area contributed by atoms with Gasteiger partial charge in [-0.05, 0) is 0 Å². The predicted molar refractivity (Wildman–Crippen MR) is 194 cm³/mol. The van der Waals surface area contributed by atoms with Crippen molar-refractivity contribution >= 4 is 42.0 Å². The van der Waals surface area contributed by atoms with Crippen LogP contribution in [-0.4, -0.2) is 0 Å². The first-order chi connectivity index (χ1) is 20.7. The van der Waals surface area contributed by atoms with Crippen LogP contribution < -0.4 is 21.2 Å². The molecule has 0 atom stereocenters. The van der Waals surface area contributed by atoms with E-state index in [1.165, 1.54) is 123 Å². The predicted octanol–water partition coefficient (Wildman–Crippen LogP) is 11.2. The van der Waals surface area contributed by atoms with Crippen molar-refractivity contribution in [3.8, 4) is 0 Å². The maximum atomic E-state index is 4.60. The van der Waals surface area contributed by atoms with Gasteiger partial charge < -0.3 is 0 Å². The second-order valence-corrected chi connectivity index (χ2v) is 20.4. The molecule has 4 aromatic rings. The van der Waals surface area contributed by atoms with E-state index in [0.717, 1.165) is 0 Å². The van der Waals surface area contributed by atoms with Crippen LogP contribution >= 0.6 is 20.8 Å². The molecule has 0 nitrogen and oxygen atoms in total. The summed E-state index contributed by atoms with van der Waals surface area (Å²) in [6.45, 7) is 2.30. The molecule has 0 saturated heterocycles. The third-order valence-electron chi connectivity index (χ3n) is 8.96. The molecule has 4 aromatic carbocycles. The van der Waals surface area contributed by atoms with Gasteiger partial charge in [0.25, 0.3) is 0 Å². The van der Waals surface area contributed by atoms with Crippen LogP contribution in [0.1, 0.15) is 102 Å². The molecule has 42 heavy (non-hydrogen) atoms. The summed E-state index contributed by atoms with van der Waals surface area (Å²) in [5.74, 6) is 0. The zero-order chi connectivity index (χ0) is 29.4. The molecule has 0 N–H and O–H groups in total. The first kappa shape index (κ1) is 32.7. The Kier molecular flexibility index (Phi) is 13.4. The molecule has 0 bridgehead atoms. The van der Waals surface area contributed by atoms with E-state index in [-0.39, 0.29) is 0 Å². The van der Waals surface area contributed by atoms with Gasteiger partial charge in [-0.15, -0.1) is 0 Å². The second-order valence-electron chi connectivity index (χ2n) is 12.0. The zero-order valence-corrected chi connectivity index (χ0v) is 28.4. The molecule has 0 unspecified atom stereocenters. The van der Waals surface area contributed by atoms with E-state index >= 15 is 0 Å². The van der Waals surface area contributed by atoms with Crippen LogP contribution in [0.4, 0.5) is 0 Å². The van der Waals surface area contributed by atoms with E-state index in [9.17, 15) is 0 Å². The van der Waals surface area contributed by atoms with E-state index in [1.54, 1.807) is 0 Å². The summed E-state index contributed by atoms with van der Waals surface area (Å²) in [6, 6.07) is 42.8. The molecular formula is C40H52BrP. The van der Waals surface area contributed by atoms with Crippen molar-refractivity contribution in [2.24, 2.45) is 0 Å². The Morgan fingerprint density at radius 1 is 0.381 bits per heavy atom. The van der Waals surface area contributed by atoms with Crippen LogP contribution in [0, 0.1) is 0 Å². The summed E-state index contributed by atoms with van der Waals surface area (Å²) < 4.78 is 0. The van der Waals surface area contributed by atoms with Crippen LogP contribution in [0.15, 0.2) is 115 Å². The van der Waals surface area contributed by atoms with Gasteiger partial charge in [0.1, 0.15) is 0 Å². The van der Waals surface area contributed by atoms with Crippen molar-refractivity contribution in [3.63, 3.8) is 0 Å². The Bertz CT molecular complexity index is 1170. The molecule has 0 aliphatic heterocycles. The molecule has 0 radical (unpaired) electrons. The summed E-state index contributed by atoms with van der Waals surface area (Å²) in [7, 11) is 0. The Hall–Kier alpha value is -2.21.